The van der Waals surface area contributed by atoms with Crippen molar-refractivity contribution in [2.24, 2.45) is 34.5 Å². The van der Waals surface area contributed by atoms with Crippen molar-refractivity contribution in [3.8, 4) is 11.5 Å². The van der Waals surface area contributed by atoms with E-state index in [0.717, 1.165) is 77.0 Å². The van der Waals surface area contributed by atoms with Gasteiger partial charge in [0.1, 0.15) is 24.7 Å². The van der Waals surface area contributed by atoms with E-state index in [2.05, 4.69) is 26.0 Å². The highest BCUT2D eigenvalue weighted by atomic mass is 16.6. The monoisotopic (exact) mass is 770 g/mol. The minimum atomic E-state index is -0.598. The molecule has 0 aromatic heterocycles. The first-order valence-corrected chi connectivity index (χ1v) is 21.3. The molecule has 0 spiro atoms. The number of benzene rings is 2. The molecule has 8 rings (SSSR count). The van der Waals surface area contributed by atoms with Gasteiger partial charge in [-0.25, -0.2) is 0 Å². The molecule has 0 saturated heterocycles. The Morgan fingerprint density at radius 3 is 1.41 bits per heavy atom. The van der Waals surface area contributed by atoms with Crippen LogP contribution in [-0.4, -0.2) is 59.5 Å². The number of hydrogen-bond donors (Lipinski definition) is 2. The van der Waals surface area contributed by atoms with Gasteiger partial charge in [0.25, 0.3) is 0 Å². The Kier molecular flexibility index (Phi) is 11.1. The van der Waals surface area contributed by atoms with Gasteiger partial charge in [-0.15, -0.1) is 0 Å². The fraction of sp³-hybridized carbons (Fsp3) is 0.652. The van der Waals surface area contributed by atoms with Crippen LogP contribution in [0.5, 0.6) is 11.5 Å². The van der Waals surface area contributed by atoms with Crippen molar-refractivity contribution < 1.29 is 48.3 Å². The maximum Gasteiger partial charge on any atom is 0.311 e. The number of aliphatic hydroxyl groups is 2. The topological polar surface area (TPSA) is 146 Å². The molecule has 6 unspecified atom stereocenters. The molecule has 0 radical (unpaired) electrons. The fourth-order valence-electron chi connectivity index (χ4n) is 12.4. The average Bonchev–Trinajstić information content (AvgIpc) is 3.67. The molecule has 302 valence electrons. The zero-order valence-corrected chi connectivity index (χ0v) is 33.0. The molecule has 4 saturated carbocycles. The molecule has 0 bridgehead atoms. The van der Waals surface area contributed by atoms with Crippen molar-refractivity contribution >= 4 is 23.9 Å². The van der Waals surface area contributed by atoms with E-state index in [1.54, 1.807) is 0 Å². The highest BCUT2D eigenvalue weighted by molar-refractivity contribution is 5.80. The Bertz CT molecular complexity index is 1710. The molecule has 56 heavy (non-hydrogen) atoms. The van der Waals surface area contributed by atoms with E-state index in [4.69, 9.17) is 18.9 Å². The van der Waals surface area contributed by atoms with E-state index >= 15 is 0 Å². The first kappa shape index (κ1) is 39.1. The number of aliphatic hydroxyl groups excluding tert-OH is 2. The van der Waals surface area contributed by atoms with E-state index in [-0.39, 0.29) is 61.9 Å². The van der Waals surface area contributed by atoms with Crippen molar-refractivity contribution in [1.82, 2.24) is 0 Å². The largest absolute Gasteiger partial charge is 0.462 e. The summed E-state index contributed by atoms with van der Waals surface area (Å²) in [7, 11) is 0. The van der Waals surface area contributed by atoms with Crippen molar-refractivity contribution in [3.63, 3.8) is 0 Å². The molecule has 0 heterocycles. The van der Waals surface area contributed by atoms with Crippen LogP contribution in [0.4, 0.5) is 0 Å². The van der Waals surface area contributed by atoms with Gasteiger partial charge in [-0.2, -0.15) is 0 Å². The van der Waals surface area contributed by atoms with Gasteiger partial charge in [0.05, 0.1) is 37.9 Å². The van der Waals surface area contributed by atoms with Gasteiger partial charge >= 0.3 is 23.9 Å². The van der Waals surface area contributed by atoms with Crippen LogP contribution in [0.15, 0.2) is 36.4 Å². The van der Waals surface area contributed by atoms with Gasteiger partial charge in [-0.05, 0) is 170 Å². The van der Waals surface area contributed by atoms with E-state index in [1.165, 1.54) is 22.3 Å². The zero-order chi connectivity index (χ0) is 39.2. The number of fused-ring (bicyclic) bond motifs is 10. The highest BCUT2D eigenvalue weighted by Gasteiger charge is 2.55. The maximum atomic E-state index is 12.6. The molecule has 10 nitrogen and oxygen atoms in total. The second kappa shape index (κ2) is 15.9. The van der Waals surface area contributed by atoms with E-state index in [0.29, 0.717) is 47.0 Å². The molecule has 6 aliphatic rings. The predicted octanol–water partition coefficient (Wildman–Crippen LogP) is 7.28. The van der Waals surface area contributed by atoms with Crippen LogP contribution in [-0.2, 0) is 41.5 Å². The fourth-order valence-corrected chi connectivity index (χ4v) is 12.4. The Balaban J connectivity index is 0.705. The van der Waals surface area contributed by atoms with Gasteiger partial charge in [0, 0.05) is 0 Å². The Labute approximate surface area is 330 Å². The Hall–Kier alpha value is -3.76. The van der Waals surface area contributed by atoms with E-state index in [1.807, 2.05) is 24.3 Å². The molecular formula is C46H58O10. The number of ether oxygens (including phenoxy) is 4. The summed E-state index contributed by atoms with van der Waals surface area (Å²) in [5, 5.41) is 21.3. The average molecular weight is 771 g/mol. The summed E-state index contributed by atoms with van der Waals surface area (Å²) in [5.74, 6) is 1.98. The molecule has 2 aromatic carbocycles. The zero-order valence-electron chi connectivity index (χ0n) is 33.0. The van der Waals surface area contributed by atoms with Crippen molar-refractivity contribution in [3.05, 3.63) is 58.7 Å². The van der Waals surface area contributed by atoms with Gasteiger partial charge in [0.2, 0.25) is 0 Å². The Morgan fingerprint density at radius 1 is 0.571 bits per heavy atom. The summed E-state index contributed by atoms with van der Waals surface area (Å²) in [6.07, 6.45) is 11.3. The number of hydrogen-bond acceptors (Lipinski definition) is 10. The second-order valence-electron chi connectivity index (χ2n) is 18.2. The number of aryl methyl sites for hydroxylation is 2. The third-order valence-corrected chi connectivity index (χ3v) is 15.4. The SMILES string of the molecule is C[C@]12CCC3c4ccc(OC(=O)CCC(=O)OCCOC(=O)CCC(=O)Oc5ccc6c(c5)CCC5C6CC[C@@]6(C)C5CC[C@@H]6O)cc4CCC3C1CC[C@@H]2O. The van der Waals surface area contributed by atoms with Crippen molar-refractivity contribution in [1.29, 1.82) is 0 Å². The van der Waals surface area contributed by atoms with Crippen LogP contribution in [0.3, 0.4) is 0 Å². The number of esters is 4. The molecule has 4 fully saturated rings. The summed E-state index contributed by atoms with van der Waals surface area (Å²) in [6, 6.07) is 11.8. The first-order valence-electron chi connectivity index (χ1n) is 21.3. The smallest absolute Gasteiger partial charge is 0.311 e. The third-order valence-electron chi connectivity index (χ3n) is 15.4. The first-order chi connectivity index (χ1) is 26.9. The predicted molar refractivity (Wildman–Crippen MR) is 206 cm³/mol. The summed E-state index contributed by atoms with van der Waals surface area (Å²) < 4.78 is 21.4. The van der Waals surface area contributed by atoms with Gasteiger partial charge < -0.3 is 29.2 Å². The normalized spacial score (nSPS) is 33.7. The molecule has 0 aliphatic heterocycles. The molecule has 2 N–H and O–H groups in total. The van der Waals surface area contributed by atoms with E-state index in [9.17, 15) is 29.4 Å². The van der Waals surface area contributed by atoms with Gasteiger partial charge in [-0.3, -0.25) is 19.2 Å². The third kappa shape index (κ3) is 7.52. The standard InChI is InChI=1S/C46H58O10/c1-45-21-19-33-31-9-5-29(25-27(31)3-7-35(33)37(45)11-13-39(45)47)55-43(51)17-15-41(49)53-23-24-54-42(50)16-18-44(52)56-30-6-10-32-28(26-30)4-8-36-34(32)20-22-46(2)38(36)12-14-40(46)48/h5-6,9-10,25-26,33-40,47-48H,3-4,7-8,11-24H2,1-2H3/t33?,34?,35?,36?,37?,38?,39-,40-,45-,46-/m0/s1. The number of carbonyl (C=O) groups excluding carboxylic acids is 4. The van der Waals surface area contributed by atoms with Crippen molar-refractivity contribution in [2.75, 3.05) is 13.2 Å². The van der Waals surface area contributed by atoms with Gasteiger partial charge in [-0.1, -0.05) is 26.0 Å². The molecule has 0 amide bonds. The lowest BCUT2D eigenvalue weighted by atomic mass is 9.55. The molecule has 10 atom stereocenters. The van der Waals surface area contributed by atoms with Crippen LogP contribution in [0.2, 0.25) is 0 Å². The lowest BCUT2D eigenvalue weighted by molar-refractivity contribution is -0.153. The van der Waals surface area contributed by atoms with Crippen LogP contribution < -0.4 is 9.47 Å². The van der Waals surface area contributed by atoms with Crippen LogP contribution in [0.1, 0.15) is 138 Å². The van der Waals surface area contributed by atoms with E-state index < -0.39 is 23.9 Å². The summed E-state index contributed by atoms with van der Waals surface area (Å²) in [4.78, 5) is 49.6. The maximum absolute atomic E-state index is 12.6. The van der Waals surface area contributed by atoms with Crippen molar-refractivity contribution in [2.45, 2.75) is 141 Å². The molecule has 2 aromatic rings. The minimum Gasteiger partial charge on any atom is -0.462 e. The number of rotatable bonds is 11. The summed E-state index contributed by atoms with van der Waals surface area (Å²) in [6.45, 7) is 4.23. The highest BCUT2D eigenvalue weighted by Crippen LogP contribution is 2.62. The quantitative estimate of drug-likeness (QED) is 0.136. The Morgan fingerprint density at radius 2 is 0.982 bits per heavy atom. The molecule has 10 heteroatoms. The second-order valence-corrected chi connectivity index (χ2v) is 18.2. The minimum absolute atomic E-state index is 0.0349. The lowest BCUT2D eigenvalue weighted by Gasteiger charge is -2.50. The summed E-state index contributed by atoms with van der Waals surface area (Å²) in [5.41, 5.74) is 5.19. The van der Waals surface area contributed by atoms with Crippen LogP contribution in [0, 0.1) is 34.5 Å². The summed E-state index contributed by atoms with van der Waals surface area (Å²) >= 11 is 0. The van der Waals surface area contributed by atoms with Crippen LogP contribution in [0.25, 0.3) is 0 Å². The lowest BCUT2D eigenvalue weighted by Crippen LogP contribution is -2.43. The van der Waals surface area contributed by atoms with Gasteiger partial charge in [0.15, 0.2) is 0 Å². The number of carbonyl (C=O) groups is 4. The van der Waals surface area contributed by atoms with Crippen LogP contribution >= 0.6 is 0 Å². The molecular weight excluding hydrogens is 712 g/mol. The molecule has 6 aliphatic carbocycles.